The summed E-state index contributed by atoms with van der Waals surface area (Å²) in [5.41, 5.74) is 1.85. The van der Waals surface area contributed by atoms with Gasteiger partial charge < -0.3 is 10.6 Å². The van der Waals surface area contributed by atoms with Crippen LogP contribution >= 0.6 is 24.8 Å². The van der Waals surface area contributed by atoms with Gasteiger partial charge in [0.1, 0.15) is 0 Å². The van der Waals surface area contributed by atoms with Crippen LogP contribution in [-0.2, 0) is 0 Å². The molecule has 0 unspecified atom stereocenters. The summed E-state index contributed by atoms with van der Waals surface area (Å²) in [6.45, 7) is 1.94. The molecule has 1 fully saturated rings. The van der Waals surface area contributed by atoms with Crippen molar-refractivity contribution in [2.75, 3.05) is 13.1 Å². The average Bonchev–Trinajstić information content (AvgIpc) is 3.20. The van der Waals surface area contributed by atoms with Crippen molar-refractivity contribution in [1.82, 2.24) is 15.6 Å². The quantitative estimate of drug-likeness (QED) is 0.687. The van der Waals surface area contributed by atoms with Crippen molar-refractivity contribution < 1.29 is 4.79 Å². The van der Waals surface area contributed by atoms with Crippen molar-refractivity contribution in [2.45, 2.75) is 12.5 Å². The number of nitrogens with zero attached hydrogens (tertiary/aromatic N) is 1. The minimum absolute atomic E-state index is 0. The molecule has 0 saturated carbocycles. The van der Waals surface area contributed by atoms with E-state index >= 15 is 0 Å². The van der Waals surface area contributed by atoms with E-state index in [1.54, 1.807) is 6.20 Å². The summed E-state index contributed by atoms with van der Waals surface area (Å²) in [6, 6.07) is 18.0. The predicted octanol–water partition coefficient (Wildman–Crippen LogP) is 4.16. The topological polar surface area (TPSA) is 54.0 Å². The highest BCUT2D eigenvalue weighted by atomic mass is 35.5. The van der Waals surface area contributed by atoms with E-state index in [9.17, 15) is 4.79 Å². The van der Waals surface area contributed by atoms with Gasteiger partial charge >= 0.3 is 0 Å². The van der Waals surface area contributed by atoms with Crippen LogP contribution in [0.3, 0.4) is 0 Å². The number of halogens is 2. The van der Waals surface area contributed by atoms with Gasteiger partial charge in [-0.25, -0.2) is 0 Å². The second-order valence-electron chi connectivity index (χ2n) is 6.55. The fourth-order valence-corrected chi connectivity index (χ4v) is 3.54. The third kappa shape index (κ3) is 4.78. The number of hydrogen-bond donors (Lipinski definition) is 2. The summed E-state index contributed by atoms with van der Waals surface area (Å²) in [7, 11) is 0. The average molecular weight is 404 g/mol. The molecule has 0 radical (unpaired) electrons. The van der Waals surface area contributed by atoms with Gasteiger partial charge in [0.15, 0.2) is 0 Å². The molecule has 2 aromatic carbocycles. The van der Waals surface area contributed by atoms with Crippen LogP contribution in [-0.4, -0.2) is 24.0 Å². The number of rotatable bonds is 4. The van der Waals surface area contributed by atoms with E-state index in [0.717, 1.165) is 35.8 Å². The van der Waals surface area contributed by atoms with Crippen LogP contribution in [0.2, 0.25) is 0 Å². The Hall–Kier alpha value is -2.14. The van der Waals surface area contributed by atoms with Gasteiger partial charge in [-0.1, -0.05) is 36.4 Å². The smallest absolute Gasteiger partial charge is 0.251 e. The molecular formula is C21H23Cl2N3O. The Bertz CT molecular complexity index is 883. The molecule has 0 bridgehead atoms. The van der Waals surface area contributed by atoms with Crippen molar-refractivity contribution in [1.29, 1.82) is 0 Å². The zero-order valence-corrected chi connectivity index (χ0v) is 16.4. The largest absolute Gasteiger partial charge is 0.345 e. The Kier molecular flexibility index (Phi) is 7.60. The van der Waals surface area contributed by atoms with Gasteiger partial charge in [0.25, 0.3) is 5.91 Å². The van der Waals surface area contributed by atoms with Gasteiger partial charge in [0.05, 0.1) is 6.04 Å². The Labute approximate surface area is 171 Å². The first-order valence-corrected chi connectivity index (χ1v) is 8.71. The first-order valence-electron chi connectivity index (χ1n) is 8.71. The van der Waals surface area contributed by atoms with Crippen LogP contribution < -0.4 is 10.6 Å². The van der Waals surface area contributed by atoms with Crippen molar-refractivity contribution in [3.8, 4) is 0 Å². The maximum absolute atomic E-state index is 12.9. The van der Waals surface area contributed by atoms with Gasteiger partial charge in [-0.15, -0.1) is 24.8 Å². The number of aromatic nitrogens is 1. The van der Waals surface area contributed by atoms with E-state index in [4.69, 9.17) is 0 Å². The molecule has 1 aliphatic heterocycles. The summed E-state index contributed by atoms with van der Waals surface area (Å²) in [4.78, 5) is 17.0. The van der Waals surface area contributed by atoms with E-state index in [0.29, 0.717) is 11.5 Å². The van der Waals surface area contributed by atoms with E-state index in [1.807, 2.05) is 48.7 Å². The molecule has 27 heavy (non-hydrogen) atoms. The standard InChI is InChI=1S/C21H21N3O.2ClH/c25-21(17-6-7-18-13-22-10-8-16(18)12-17)24-20(19-9-11-23-14-19)15-4-2-1-3-5-15;;/h1-8,10,12-13,19-20,23H,9,11,14H2,(H,24,25);2*1H/t19-,20+;;/m1../s1. The van der Waals surface area contributed by atoms with Crippen molar-refractivity contribution in [2.24, 2.45) is 5.92 Å². The molecule has 1 amide bonds. The highest BCUT2D eigenvalue weighted by molar-refractivity contribution is 5.98. The van der Waals surface area contributed by atoms with Gasteiger partial charge in [-0.3, -0.25) is 9.78 Å². The summed E-state index contributed by atoms with van der Waals surface area (Å²) in [6.07, 6.45) is 4.64. The number of fused-ring (bicyclic) bond motifs is 1. The minimum atomic E-state index is -0.0283. The number of carbonyl (C=O) groups is 1. The molecule has 1 saturated heterocycles. The van der Waals surface area contributed by atoms with Gasteiger partial charge in [-0.2, -0.15) is 0 Å². The SMILES string of the molecule is Cl.Cl.O=C(N[C@@H](c1ccccc1)[C@@H]1CCNC1)c1ccc2cnccc2c1. The molecule has 2 atom stereocenters. The second-order valence-corrected chi connectivity index (χ2v) is 6.55. The molecule has 4 nitrogen and oxygen atoms in total. The fourth-order valence-electron chi connectivity index (χ4n) is 3.54. The molecule has 1 aliphatic rings. The number of carbonyl (C=O) groups excluding carboxylic acids is 1. The van der Waals surface area contributed by atoms with Crippen molar-refractivity contribution in [3.63, 3.8) is 0 Å². The number of pyridine rings is 1. The number of hydrogen-bond acceptors (Lipinski definition) is 3. The monoisotopic (exact) mass is 403 g/mol. The normalized spacial score (nSPS) is 16.8. The van der Waals surface area contributed by atoms with Crippen LogP contribution in [0, 0.1) is 5.92 Å². The molecule has 4 rings (SSSR count). The molecule has 0 spiro atoms. The summed E-state index contributed by atoms with van der Waals surface area (Å²) < 4.78 is 0. The van der Waals surface area contributed by atoms with Crippen LogP contribution in [0.25, 0.3) is 10.8 Å². The number of nitrogens with one attached hydrogen (secondary N) is 2. The lowest BCUT2D eigenvalue weighted by Gasteiger charge is -2.25. The third-order valence-corrected chi connectivity index (χ3v) is 4.92. The molecule has 6 heteroatoms. The van der Waals surface area contributed by atoms with Crippen LogP contribution in [0.1, 0.15) is 28.4 Å². The first-order chi connectivity index (χ1) is 12.3. The highest BCUT2D eigenvalue weighted by Gasteiger charge is 2.27. The molecule has 3 aromatic rings. The Morgan fingerprint density at radius 3 is 2.63 bits per heavy atom. The lowest BCUT2D eigenvalue weighted by atomic mass is 9.92. The van der Waals surface area contributed by atoms with Crippen LogP contribution in [0.4, 0.5) is 0 Å². The third-order valence-electron chi connectivity index (χ3n) is 4.92. The fraction of sp³-hybridized carbons (Fsp3) is 0.238. The summed E-state index contributed by atoms with van der Waals surface area (Å²) in [5.74, 6) is 0.385. The predicted molar refractivity (Wildman–Crippen MR) is 114 cm³/mol. The molecule has 1 aromatic heterocycles. The highest BCUT2D eigenvalue weighted by Crippen LogP contribution is 2.27. The maximum Gasteiger partial charge on any atom is 0.251 e. The molecule has 142 valence electrons. The van der Waals surface area contributed by atoms with Gasteiger partial charge in [-0.05, 0) is 48.0 Å². The van der Waals surface area contributed by atoms with Gasteiger partial charge in [0.2, 0.25) is 0 Å². The van der Waals surface area contributed by atoms with E-state index in [2.05, 4.69) is 27.8 Å². The first kappa shape index (κ1) is 21.2. The lowest BCUT2D eigenvalue weighted by Crippen LogP contribution is -2.34. The Morgan fingerprint density at radius 2 is 1.89 bits per heavy atom. The zero-order chi connectivity index (χ0) is 17.1. The van der Waals surface area contributed by atoms with E-state index in [1.165, 1.54) is 0 Å². The van der Waals surface area contributed by atoms with Gasteiger partial charge in [0, 0.05) is 29.9 Å². The molecule has 2 N–H and O–H groups in total. The van der Waals surface area contributed by atoms with Crippen molar-refractivity contribution >= 4 is 41.5 Å². The Balaban J connectivity index is 0.00000131. The van der Waals surface area contributed by atoms with Crippen molar-refractivity contribution in [3.05, 3.63) is 78.1 Å². The van der Waals surface area contributed by atoms with Crippen LogP contribution in [0.15, 0.2) is 67.0 Å². The molecular weight excluding hydrogens is 381 g/mol. The number of benzene rings is 2. The molecule has 2 heterocycles. The minimum Gasteiger partial charge on any atom is -0.345 e. The van der Waals surface area contributed by atoms with E-state index in [-0.39, 0.29) is 36.8 Å². The number of amides is 1. The van der Waals surface area contributed by atoms with E-state index < -0.39 is 0 Å². The van der Waals surface area contributed by atoms with Crippen LogP contribution in [0.5, 0.6) is 0 Å². The Morgan fingerprint density at radius 1 is 1.07 bits per heavy atom. The second kappa shape index (κ2) is 9.70. The maximum atomic E-state index is 12.9. The molecule has 0 aliphatic carbocycles. The summed E-state index contributed by atoms with van der Waals surface area (Å²) in [5, 5.41) is 8.73. The summed E-state index contributed by atoms with van der Waals surface area (Å²) >= 11 is 0. The zero-order valence-electron chi connectivity index (χ0n) is 14.8. The lowest BCUT2D eigenvalue weighted by molar-refractivity contribution is 0.0924.